The monoisotopic (exact) mass is 329 g/mol. The molecule has 4 nitrogen and oxygen atoms in total. The summed E-state index contributed by atoms with van der Waals surface area (Å²) in [5.74, 6) is 0.262. The summed E-state index contributed by atoms with van der Waals surface area (Å²) >= 11 is 0. The van der Waals surface area contributed by atoms with Crippen LogP contribution in [0.15, 0.2) is 18.2 Å². The molecule has 0 spiro atoms. The Bertz CT molecular complexity index is 623. The van der Waals surface area contributed by atoms with Crippen molar-refractivity contribution < 1.29 is 14.7 Å². The summed E-state index contributed by atoms with van der Waals surface area (Å²) in [6, 6.07) is 6.02. The number of Topliss-reactive ketones (excluding diaryl/α,β-unsaturated/α-hetero) is 1. The lowest BCUT2D eigenvalue weighted by Gasteiger charge is -2.18. The average molecular weight is 329 g/mol. The molecule has 1 amide bonds. The Morgan fingerprint density at radius 1 is 1.21 bits per heavy atom. The Kier molecular flexibility index (Phi) is 5.34. The van der Waals surface area contributed by atoms with Crippen molar-refractivity contribution in [3.05, 3.63) is 34.9 Å². The van der Waals surface area contributed by atoms with Crippen molar-refractivity contribution in [2.45, 2.75) is 58.0 Å². The number of benzene rings is 1. The molecular formula is C20H27NO3. The van der Waals surface area contributed by atoms with Crippen LogP contribution in [0.25, 0.3) is 0 Å². The number of amides is 1. The van der Waals surface area contributed by atoms with Gasteiger partial charge < -0.3 is 10.0 Å². The number of hydrogen-bond donors (Lipinski definition) is 1. The van der Waals surface area contributed by atoms with Gasteiger partial charge in [0, 0.05) is 37.4 Å². The van der Waals surface area contributed by atoms with Gasteiger partial charge in [0.1, 0.15) is 0 Å². The van der Waals surface area contributed by atoms with Crippen LogP contribution in [0.4, 0.5) is 0 Å². The molecular weight excluding hydrogens is 302 g/mol. The molecule has 0 aromatic heterocycles. The van der Waals surface area contributed by atoms with E-state index in [1.165, 1.54) is 24.0 Å². The quantitative estimate of drug-likeness (QED) is 0.845. The van der Waals surface area contributed by atoms with E-state index < -0.39 is 0 Å². The lowest BCUT2D eigenvalue weighted by Crippen LogP contribution is -2.30. The summed E-state index contributed by atoms with van der Waals surface area (Å²) in [6.07, 6.45) is 5.62. The zero-order valence-corrected chi connectivity index (χ0v) is 14.5. The highest BCUT2D eigenvalue weighted by Gasteiger charge is 2.29. The Morgan fingerprint density at radius 3 is 2.67 bits per heavy atom. The van der Waals surface area contributed by atoms with Gasteiger partial charge in [-0.3, -0.25) is 9.59 Å². The van der Waals surface area contributed by atoms with Crippen LogP contribution < -0.4 is 0 Å². The number of carbonyl (C=O) groups is 2. The zero-order valence-electron chi connectivity index (χ0n) is 14.5. The smallest absolute Gasteiger partial charge is 0.223 e. The molecule has 3 rings (SSSR count). The van der Waals surface area contributed by atoms with Gasteiger partial charge >= 0.3 is 0 Å². The van der Waals surface area contributed by atoms with Gasteiger partial charge in [0.25, 0.3) is 0 Å². The van der Waals surface area contributed by atoms with Gasteiger partial charge in [0.05, 0.1) is 6.10 Å². The lowest BCUT2D eigenvalue weighted by atomic mass is 9.89. The number of likely N-dealkylation sites (tertiary alicyclic amines) is 1. The van der Waals surface area contributed by atoms with Crippen LogP contribution in [0.3, 0.4) is 0 Å². The van der Waals surface area contributed by atoms with Gasteiger partial charge in [-0.1, -0.05) is 12.1 Å². The summed E-state index contributed by atoms with van der Waals surface area (Å²) in [4.78, 5) is 26.5. The van der Waals surface area contributed by atoms with Crippen molar-refractivity contribution in [3.63, 3.8) is 0 Å². The molecule has 1 N–H and O–H groups in total. The first-order valence-electron chi connectivity index (χ1n) is 9.15. The van der Waals surface area contributed by atoms with Gasteiger partial charge in [-0.05, 0) is 56.2 Å². The van der Waals surface area contributed by atoms with Crippen LogP contribution in [-0.4, -0.2) is 40.9 Å². The highest BCUT2D eigenvalue weighted by Crippen LogP contribution is 2.24. The Morgan fingerprint density at radius 2 is 1.96 bits per heavy atom. The molecule has 4 heteroatoms. The SMILES string of the molecule is CC(O)C1CCN(C(=O)CCC(=O)c2ccc3c(c2)CCCC3)C1. The predicted octanol–water partition coefficient (Wildman–Crippen LogP) is 2.76. The molecule has 1 saturated heterocycles. The number of rotatable bonds is 5. The normalized spacial score (nSPS) is 21.4. The fraction of sp³-hybridized carbons (Fsp3) is 0.600. The molecule has 1 aliphatic heterocycles. The molecule has 0 radical (unpaired) electrons. The Hall–Kier alpha value is -1.68. The van der Waals surface area contributed by atoms with E-state index in [0.29, 0.717) is 13.1 Å². The van der Waals surface area contributed by atoms with Crippen LogP contribution in [0.5, 0.6) is 0 Å². The molecule has 24 heavy (non-hydrogen) atoms. The van der Waals surface area contributed by atoms with E-state index in [1.807, 2.05) is 12.1 Å². The highest BCUT2D eigenvalue weighted by atomic mass is 16.3. The molecule has 0 bridgehead atoms. The van der Waals surface area contributed by atoms with Gasteiger partial charge in [0.2, 0.25) is 5.91 Å². The van der Waals surface area contributed by atoms with Crippen molar-refractivity contribution in [2.75, 3.05) is 13.1 Å². The van der Waals surface area contributed by atoms with E-state index in [0.717, 1.165) is 24.8 Å². The number of carbonyl (C=O) groups excluding carboxylic acids is 2. The number of aryl methyl sites for hydroxylation is 2. The van der Waals surface area contributed by atoms with E-state index in [2.05, 4.69) is 6.07 Å². The summed E-state index contributed by atoms with van der Waals surface area (Å²) < 4.78 is 0. The number of aliphatic hydroxyl groups excluding tert-OH is 1. The van der Waals surface area contributed by atoms with Crippen molar-refractivity contribution in [1.82, 2.24) is 4.90 Å². The van der Waals surface area contributed by atoms with Crippen LogP contribution in [-0.2, 0) is 17.6 Å². The molecule has 130 valence electrons. The minimum atomic E-state index is -0.375. The topological polar surface area (TPSA) is 57.6 Å². The van der Waals surface area contributed by atoms with E-state index >= 15 is 0 Å². The van der Waals surface area contributed by atoms with Crippen LogP contribution in [0.1, 0.15) is 60.5 Å². The minimum Gasteiger partial charge on any atom is -0.393 e. The van der Waals surface area contributed by atoms with Gasteiger partial charge in [0.15, 0.2) is 5.78 Å². The predicted molar refractivity (Wildman–Crippen MR) is 93.0 cm³/mol. The molecule has 2 unspecified atom stereocenters. The van der Waals surface area contributed by atoms with Gasteiger partial charge in [-0.2, -0.15) is 0 Å². The first-order chi connectivity index (χ1) is 11.5. The summed E-state index contributed by atoms with van der Waals surface area (Å²) in [5.41, 5.74) is 3.42. The Balaban J connectivity index is 1.53. The summed E-state index contributed by atoms with van der Waals surface area (Å²) in [5, 5.41) is 9.62. The third kappa shape index (κ3) is 3.86. The second kappa shape index (κ2) is 7.47. The van der Waals surface area contributed by atoms with Crippen molar-refractivity contribution in [3.8, 4) is 0 Å². The number of nitrogens with zero attached hydrogens (tertiary/aromatic N) is 1. The molecule has 0 saturated carbocycles. The molecule has 1 aromatic rings. The van der Waals surface area contributed by atoms with Crippen LogP contribution in [0.2, 0.25) is 0 Å². The first kappa shape index (κ1) is 17.2. The van der Waals surface area contributed by atoms with Crippen molar-refractivity contribution >= 4 is 11.7 Å². The third-order valence-corrected chi connectivity index (χ3v) is 5.50. The average Bonchev–Trinajstić information content (AvgIpc) is 3.09. The number of aliphatic hydroxyl groups is 1. The molecule has 2 atom stereocenters. The fourth-order valence-electron chi connectivity index (χ4n) is 3.84. The number of hydrogen-bond acceptors (Lipinski definition) is 3. The Labute approximate surface area is 143 Å². The summed E-state index contributed by atoms with van der Waals surface area (Å²) in [7, 11) is 0. The maximum absolute atomic E-state index is 12.4. The maximum Gasteiger partial charge on any atom is 0.223 e. The number of fused-ring (bicyclic) bond motifs is 1. The molecule has 1 aromatic carbocycles. The van der Waals surface area contributed by atoms with Gasteiger partial charge in [-0.25, -0.2) is 0 Å². The lowest BCUT2D eigenvalue weighted by molar-refractivity contribution is -0.130. The first-order valence-corrected chi connectivity index (χ1v) is 9.15. The van der Waals surface area contributed by atoms with E-state index in [4.69, 9.17) is 0 Å². The maximum atomic E-state index is 12.4. The van der Waals surface area contributed by atoms with Crippen molar-refractivity contribution in [1.29, 1.82) is 0 Å². The van der Waals surface area contributed by atoms with Crippen LogP contribution in [0, 0.1) is 5.92 Å². The van der Waals surface area contributed by atoms with Crippen LogP contribution >= 0.6 is 0 Å². The highest BCUT2D eigenvalue weighted by molar-refractivity contribution is 5.98. The fourth-order valence-corrected chi connectivity index (χ4v) is 3.84. The molecule has 2 aliphatic rings. The molecule has 1 aliphatic carbocycles. The molecule has 1 fully saturated rings. The van der Waals surface area contributed by atoms with E-state index in [1.54, 1.807) is 11.8 Å². The van der Waals surface area contributed by atoms with Crippen molar-refractivity contribution in [2.24, 2.45) is 5.92 Å². The molecule has 1 heterocycles. The van der Waals surface area contributed by atoms with Gasteiger partial charge in [-0.15, -0.1) is 0 Å². The summed E-state index contributed by atoms with van der Waals surface area (Å²) in [6.45, 7) is 3.09. The largest absolute Gasteiger partial charge is 0.393 e. The minimum absolute atomic E-state index is 0.0319. The van der Waals surface area contributed by atoms with E-state index in [9.17, 15) is 14.7 Å². The zero-order chi connectivity index (χ0) is 17.1. The van der Waals surface area contributed by atoms with E-state index in [-0.39, 0.29) is 36.6 Å². The number of ketones is 1. The standard InChI is InChI=1S/C20H27NO3/c1-14(22)18-10-11-21(13-18)20(24)9-8-19(23)17-7-6-15-4-2-3-5-16(15)12-17/h6-7,12,14,18,22H,2-5,8-11,13H2,1H3. The second-order valence-electron chi connectivity index (χ2n) is 7.24. The third-order valence-electron chi connectivity index (χ3n) is 5.50. The second-order valence-corrected chi connectivity index (χ2v) is 7.24.